The van der Waals surface area contributed by atoms with Crippen LogP contribution in [0.1, 0.15) is 42.8 Å². The first-order valence-electron chi connectivity index (χ1n) is 11.5. The Hall–Kier alpha value is -2.18. The van der Waals surface area contributed by atoms with Gasteiger partial charge < -0.3 is 15.2 Å². The third kappa shape index (κ3) is 5.70. The molecule has 0 bridgehead atoms. The minimum absolute atomic E-state index is 0.103. The highest BCUT2D eigenvalue weighted by Crippen LogP contribution is 2.24. The first kappa shape index (κ1) is 21.1. The van der Waals surface area contributed by atoms with Crippen LogP contribution in [0.15, 0.2) is 36.5 Å². The Labute approximate surface area is 180 Å². The summed E-state index contributed by atoms with van der Waals surface area (Å²) < 4.78 is 0. The molecule has 2 N–H and O–H groups in total. The SMILES string of the molecule is Cc1cnc(CNC(=O)[C@@H]2CCCN(C3CCN(CCc4ccccc4)CC3)C2)[nH]1. The second kappa shape index (κ2) is 10.2. The molecule has 0 aliphatic carbocycles. The number of hydrogen-bond acceptors (Lipinski definition) is 4. The molecule has 0 spiro atoms. The van der Waals surface area contributed by atoms with Crippen LogP contribution in [0.4, 0.5) is 0 Å². The number of carbonyl (C=O) groups is 1. The Bertz CT molecular complexity index is 797. The molecule has 4 rings (SSSR count). The summed E-state index contributed by atoms with van der Waals surface area (Å²) in [5.74, 6) is 1.11. The quantitative estimate of drug-likeness (QED) is 0.738. The van der Waals surface area contributed by atoms with Gasteiger partial charge in [-0.3, -0.25) is 9.69 Å². The number of likely N-dealkylation sites (tertiary alicyclic amines) is 2. The van der Waals surface area contributed by atoms with E-state index in [1.54, 1.807) is 6.20 Å². The second-order valence-electron chi connectivity index (χ2n) is 8.87. The first-order chi connectivity index (χ1) is 14.7. The molecule has 0 radical (unpaired) electrons. The van der Waals surface area contributed by atoms with E-state index in [4.69, 9.17) is 0 Å². The monoisotopic (exact) mass is 409 g/mol. The molecule has 0 saturated carbocycles. The molecular formula is C24H35N5O. The lowest BCUT2D eigenvalue weighted by Crippen LogP contribution is -2.50. The fourth-order valence-corrected chi connectivity index (χ4v) is 4.86. The number of aromatic amines is 1. The Morgan fingerprint density at radius 3 is 2.70 bits per heavy atom. The zero-order chi connectivity index (χ0) is 20.8. The van der Waals surface area contributed by atoms with Crippen molar-refractivity contribution in [1.29, 1.82) is 0 Å². The highest BCUT2D eigenvalue weighted by Gasteiger charge is 2.31. The van der Waals surface area contributed by atoms with Crippen molar-refractivity contribution in [3.05, 3.63) is 53.6 Å². The predicted octanol–water partition coefficient (Wildman–Crippen LogP) is 2.75. The molecule has 30 heavy (non-hydrogen) atoms. The van der Waals surface area contributed by atoms with Crippen LogP contribution in [-0.4, -0.2) is 64.4 Å². The second-order valence-corrected chi connectivity index (χ2v) is 8.87. The average Bonchev–Trinajstić information content (AvgIpc) is 3.22. The number of nitrogens with zero attached hydrogens (tertiary/aromatic N) is 3. The molecule has 2 saturated heterocycles. The number of benzene rings is 1. The van der Waals surface area contributed by atoms with E-state index in [1.165, 1.54) is 31.5 Å². The molecule has 2 aliphatic rings. The van der Waals surface area contributed by atoms with Crippen molar-refractivity contribution < 1.29 is 4.79 Å². The molecule has 6 nitrogen and oxygen atoms in total. The zero-order valence-electron chi connectivity index (χ0n) is 18.1. The number of aromatic nitrogens is 2. The van der Waals surface area contributed by atoms with Crippen molar-refractivity contribution in [3.8, 4) is 0 Å². The number of piperidine rings is 2. The van der Waals surface area contributed by atoms with Crippen LogP contribution in [0.25, 0.3) is 0 Å². The number of aryl methyl sites for hydroxylation is 1. The highest BCUT2D eigenvalue weighted by atomic mass is 16.1. The lowest BCUT2D eigenvalue weighted by molar-refractivity contribution is -0.127. The minimum Gasteiger partial charge on any atom is -0.349 e. The number of hydrogen-bond donors (Lipinski definition) is 2. The van der Waals surface area contributed by atoms with Crippen LogP contribution in [0.3, 0.4) is 0 Å². The maximum Gasteiger partial charge on any atom is 0.224 e. The minimum atomic E-state index is 0.103. The molecule has 1 atom stereocenters. The van der Waals surface area contributed by atoms with Crippen molar-refractivity contribution in [2.24, 2.45) is 5.92 Å². The van der Waals surface area contributed by atoms with Crippen LogP contribution < -0.4 is 5.32 Å². The number of imidazole rings is 1. The molecular weight excluding hydrogens is 374 g/mol. The number of nitrogens with one attached hydrogen (secondary N) is 2. The smallest absolute Gasteiger partial charge is 0.224 e. The van der Waals surface area contributed by atoms with E-state index in [0.29, 0.717) is 12.6 Å². The zero-order valence-corrected chi connectivity index (χ0v) is 18.1. The molecule has 1 aromatic heterocycles. The van der Waals surface area contributed by atoms with Gasteiger partial charge in [-0.2, -0.15) is 0 Å². The highest BCUT2D eigenvalue weighted by molar-refractivity contribution is 5.78. The van der Waals surface area contributed by atoms with E-state index in [9.17, 15) is 4.79 Å². The Morgan fingerprint density at radius 1 is 1.17 bits per heavy atom. The van der Waals surface area contributed by atoms with E-state index in [1.807, 2.05) is 6.92 Å². The van der Waals surface area contributed by atoms with Gasteiger partial charge in [-0.1, -0.05) is 30.3 Å². The van der Waals surface area contributed by atoms with E-state index in [2.05, 4.69) is 55.4 Å². The third-order valence-corrected chi connectivity index (χ3v) is 6.64. The molecule has 2 aliphatic heterocycles. The number of H-pyrrole nitrogens is 1. The van der Waals surface area contributed by atoms with Gasteiger partial charge in [-0.15, -0.1) is 0 Å². The summed E-state index contributed by atoms with van der Waals surface area (Å²) in [6.45, 7) is 7.99. The molecule has 0 unspecified atom stereocenters. The summed E-state index contributed by atoms with van der Waals surface area (Å²) in [5, 5.41) is 3.08. The van der Waals surface area contributed by atoms with Gasteiger partial charge >= 0.3 is 0 Å². The van der Waals surface area contributed by atoms with Crippen molar-refractivity contribution >= 4 is 5.91 Å². The van der Waals surface area contributed by atoms with Gasteiger partial charge in [0, 0.05) is 31.0 Å². The molecule has 2 aromatic rings. The normalized spacial score (nSPS) is 21.6. The van der Waals surface area contributed by atoms with Gasteiger partial charge in [0.1, 0.15) is 5.82 Å². The summed E-state index contributed by atoms with van der Waals surface area (Å²) in [5.41, 5.74) is 2.45. The number of carbonyl (C=O) groups excluding carboxylic acids is 1. The van der Waals surface area contributed by atoms with Crippen LogP contribution in [0.2, 0.25) is 0 Å². The van der Waals surface area contributed by atoms with Crippen LogP contribution >= 0.6 is 0 Å². The van der Waals surface area contributed by atoms with Crippen LogP contribution in [0.5, 0.6) is 0 Å². The molecule has 6 heteroatoms. The Morgan fingerprint density at radius 2 is 1.97 bits per heavy atom. The van der Waals surface area contributed by atoms with Crippen LogP contribution in [-0.2, 0) is 17.8 Å². The summed E-state index contributed by atoms with van der Waals surface area (Å²) in [6.07, 6.45) is 7.48. The maximum absolute atomic E-state index is 12.7. The summed E-state index contributed by atoms with van der Waals surface area (Å²) in [7, 11) is 0. The molecule has 162 valence electrons. The Balaban J connectivity index is 1.19. The lowest BCUT2D eigenvalue weighted by Gasteiger charge is -2.42. The van der Waals surface area contributed by atoms with Crippen molar-refractivity contribution in [1.82, 2.24) is 25.1 Å². The number of rotatable bonds is 7. The fraction of sp³-hybridized carbons (Fsp3) is 0.583. The van der Waals surface area contributed by atoms with Gasteiger partial charge in [-0.25, -0.2) is 4.98 Å². The average molecular weight is 410 g/mol. The van der Waals surface area contributed by atoms with E-state index in [0.717, 1.165) is 50.4 Å². The van der Waals surface area contributed by atoms with Gasteiger partial charge in [0.05, 0.1) is 12.5 Å². The first-order valence-corrected chi connectivity index (χ1v) is 11.5. The van der Waals surface area contributed by atoms with Gasteiger partial charge in [0.15, 0.2) is 0 Å². The number of amides is 1. The Kier molecular flexibility index (Phi) is 7.18. The molecule has 1 amide bonds. The predicted molar refractivity (Wildman–Crippen MR) is 119 cm³/mol. The molecule has 1 aromatic carbocycles. The fourth-order valence-electron chi connectivity index (χ4n) is 4.86. The van der Waals surface area contributed by atoms with Gasteiger partial charge in [0.2, 0.25) is 5.91 Å². The lowest BCUT2D eigenvalue weighted by atomic mass is 9.93. The van der Waals surface area contributed by atoms with E-state index in [-0.39, 0.29) is 11.8 Å². The van der Waals surface area contributed by atoms with E-state index >= 15 is 0 Å². The van der Waals surface area contributed by atoms with Gasteiger partial charge in [-0.05, 0) is 64.2 Å². The van der Waals surface area contributed by atoms with Gasteiger partial charge in [0.25, 0.3) is 0 Å². The van der Waals surface area contributed by atoms with Crippen molar-refractivity contribution in [2.75, 3.05) is 32.7 Å². The van der Waals surface area contributed by atoms with Crippen molar-refractivity contribution in [3.63, 3.8) is 0 Å². The third-order valence-electron chi connectivity index (χ3n) is 6.64. The van der Waals surface area contributed by atoms with Crippen LogP contribution in [0, 0.1) is 12.8 Å². The molecule has 2 fully saturated rings. The summed E-state index contributed by atoms with van der Waals surface area (Å²) in [4.78, 5) is 25.3. The molecule has 3 heterocycles. The van der Waals surface area contributed by atoms with E-state index < -0.39 is 0 Å². The topological polar surface area (TPSA) is 64.3 Å². The summed E-state index contributed by atoms with van der Waals surface area (Å²) in [6, 6.07) is 11.4. The van der Waals surface area contributed by atoms with Crippen molar-refractivity contribution in [2.45, 2.75) is 51.6 Å². The standard InChI is InChI=1S/C24H35N5O/c1-19-16-25-23(27-19)17-26-24(30)21-8-5-12-29(18-21)22-10-14-28(15-11-22)13-9-20-6-3-2-4-7-20/h2-4,6-7,16,21-22H,5,8-15,17-18H2,1H3,(H,25,27)(H,26,30)/t21-/m1/s1. The summed E-state index contributed by atoms with van der Waals surface area (Å²) >= 11 is 0. The largest absolute Gasteiger partial charge is 0.349 e. The maximum atomic E-state index is 12.7.